The van der Waals surface area contributed by atoms with Crippen molar-refractivity contribution < 1.29 is 0 Å². The van der Waals surface area contributed by atoms with Gasteiger partial charge in [0.25, 0.3) is 0 Å². The van der Waals surface area contributed by atoms with Crippen molar-refractivity contribution in [3.8, 4) is 17.1 Å². The number of aryl methyl sites for hydroxylation is 1. The van der Waals surface area contributed by atoms with Crippen LogP contribution in [0.15, 0.2) is 59.6 Å². The summed E-state index contributed by atoms with van der Waals surface area (Å²) in [6.07, 6.45) is 3.07. The fraction of sp³-hybridized carbons (Fsp3) is 0.312. The summed E-state index contributed by atoms with van der Waals surface area (Å²) in [6, 6.07) is 20.0. The van der Waals surface area contributed by atoms with Gasteiger partial charge in [0.2, 0.25) is 0 Å². The largest absolute Gasteiger partial charge is 0.297 e. The Morgan fingerprint density at radius 2 is 1.65 bits per heavy atom. The Morgan fingerprint density at radius 3 is 2.41 bits per heavy atom. The number of nitrogens with zero attached hydrogens (tertiary/aromatic N) is 3. The average molecular weight is 526 g/mol. The number of hydrogen-bond acceptors (Lipinski definition) is 4. The van der Waals surface area contributed by atoms with Gasteiger partial charge in [0.05, 0.1) is 11.4 Å². The summed E-state index contributed by atoms with van der Waals surface area (Å²) in [5, 5.41) is 2.65. The van der Waals surface area contributed by atoms with Crippen molar-refractivity contribution in [2.45, 2.75) is 59.6 Å². The highest BCUT2D eigenvalue weighted by Crippen LogP contribution is 2.46. The third-order valence-corrected chi connectivity index (χ3v) is 9.75. The van der Waals surface area contributed by atoms with Gasteiger partial charge in [0, 0.05) is 54.0 Å². The normalized spacial score (nSPS) is 13.0. The molecule has 0 atom stereocenters. The van der Waals surface area contributed by atoms with Crippen LogP contribution in [0.2, 0.25) is 0 Å². The second-order valence-electron chi connectivity index (χ2n) is 9.94. The zero-order valence-electron chi connectivity index (χ0n) is 23.1. The molecule has 0 saturated carbocycles. The number of hydrogen-bond donors (Lipinski definition) is 0. The molecule has 37 heavy (non-hydrogen) atoms. The van der Waals surface area contributed by atoms with E-state index < -0.39 is 0 Å². The Bertz CT molecular complexity index is 1670. The van der Waals surface area contributed by atoms with Gasteiger partial charge in [-0.15, -0.1) is 11.3 Å². The fourth-order valence-electron chi connectivity index (χ4n) is 5.24. The van der Waals surface area contributed by atoms with Crippen LogP contribution in [-0.2, 0) is 11.2 Å². The number of aromatic nitrogens is 2. The molecule has 6 rings (SSSR count). The number of imidazole rings is 1. The summed E-state index contributed by atoms with van der Waals surface area (Å²) in [7, 11) is 0. The maximum Gasteiger partial charge on any atom is 0.145 e. The monoisotopic (exact) mass is 525 g/mol. The van der Waals surface area contributed by atoms with Crippen LogP contribution < -0.4 is 0 Å². The van der Waals surface area contributed by atoms with E-state index in [4.69, 9.17) is 9.98 Å². The fourth-order valence-corrected chi connectivity index (χ4v) is 6.77. The van der Waals surface area contributed by atoms with Crippen molar-refractivity contribution >= 4 is 54.7 Å². The predicted molar refractivity (Wildman–Crippen MR) is 166 cm³/mol. The molecule has 0 aliphatic carbocycles. The molecule has 0 fully saturated rings. The Hall–Kier alpha value is -2.89. The van der Waals surface area contributed by atoms with Crippen molar-refractivity contribution in [3.63, 3.8) is 0 Å². The second kappa shape index (κ2) is 9.77. The molecule has 3 aromatic carbocycles. The minimum atomic E-state index is -0.0467. The molecule has 0 N–H and O–H groups in total. The smallest absolute Gasteiger partial charge is 0.145 e. The zero-order valence-corrected chi connectivity index (χ0v) is 24.7. The number of thiophene rings is 1. The van der Waals surface area contributed by atoms with Crippen LogP contribution >= 0.6 is 23.1 Å². The zero-order chi connectivity index (χ0) is 26.5. The Labute approximate surface area is 228 Å². The highest BCUT2D eigenvalue weighted by molar-refractivity contribution is 7.99. The molecule has 3 nitrogen and oxygen atoms in total. The summed E-state index contributed by atoms with van der Waals surface area (Å²) in [5.41, 5.74) is 9.54. The Morgan fingerprint density at radius 1 is 0.919 bits per heavy atom. The van der Waals surface area contributed by atoms with Crippen LogP contribution in [0, 0.1) is 13.8 Å². The number of benzene rings is 3. The molecule has 3 heterocycles. The van der Waals surface area contributed by atoms with Gasteiger partial charge in [-0.05, 0) is 76.3 Å². The minimum absolute atomic E-state index is 0.0467. The molecule has 1 aliphatic rings. The Kier molecular flexibility index (Phi) is 6.80. The van der Waals surface area contributed by atoms with Gasteiger partial charge < -0.3 is 0 Å². The number of rotatable bonds is 4. The summed E-state index contributed by atoms with van der Waals surface area (Å²) in [5.74, 6) is 1.03. The molecule has 190 valence electrons. The molecule has 5 aromatic rings. The van der Waals surface area contributed by atoms with E-state index in [9.17, 15) is 0 Å². The maximum absolute atomic E-state index is 5.20. The van der Waals surface area contributed by atoms with E-state index in [2.05, 4.69) is 100 Å². The highest BCUT2D eigenvalue weighted by atomic mass is 32.2. The number of aliphatic imine (C=N–C) groups is 1. The van der Waals surface area contributed by atoms with E-state index in [1.807, 2.05) is 36.9 Å². The highest BCUT2D eigenvalue weighted by Gasteiger charge is 2.31. The molecular formula is C32H35N3S2. The van der Waals surface area contributed by atoms with Crippen LogP contribution in [0.4, 0.5) is 5.69 Å². The lowest BCUT2D eigenvalue weighted by molar-refractivity contribution is 0.783. The molecule has 0 amide bonds. The summed E-state index contributed by atoms with van der Waals surface area (Å²) in [6.45, 7) is 15.0. The van der Waals surface area contributed by atoms with Crippen LogP contribution in [0.5, 0.6) is 0 Å². The topological polar surface area (TPSA) is 30.2 Å². The second-order valence-corrected chi connectivity index (χ2v) is 12.5. The third-order valence-electron chi connectivity index (χ3n) is 7.38. The summed E-state index contributed by atoms with van der Waals surface area (Å²) in [4.78, 5) is 10.1. The minimum Gasteiger partial charge on any atom is -0.297 e. The first kappa shape index (κ1) is 25.7. The van der Waals surface area contributed by atoms with Crippen molar-refractivity contribution in [1.82, 2.24) is 9.55 Å². The van der Waals surface area contributed by atoms with Crippen molar-refractivity contribution in [2.75, 3.05) is 6.26 Å². The van der Waals surface area contributed by atoms with Crippen molar-refractivity contribution in [1.29, 1.82) is 0 Å². The van der Waals surface area contributed by atoms with Gasteiger partial charge in [-0.2, -0.15) is 11.8 Å². The molecular weight excluding hydrogens is 491 g/mol. The van der Waals surface area contributed by atoms with Gasteiger partial charge in [-0.1, -0.05) is 44.2 Å². The standard InChI is InChI=1S/C30H29N3S2.C2H6/c1-17-15-23-25(31-17)14-13-24(30(4,5)34-6)28(23)29-32-18(2)19(3)33(29)20-11-12-22-21-9-7-8-10-26(21)35-27(22)16-20;1-2/h7-14,16H,15H2,1-6H3;1-2H3. The lowest BCUT2D eigenvalue weighted by atomic mass is 9.90. The quantitative estimate of drug-likeness (QED) is 0.234. The van der Waals surface area contributed by atoms with E-state index in [0.717, 1.165) is 23.6 Å². The molecule has 0 radical (unpaired) electrons. The molecule has 0 spiro atoms. The van der Waals surface area contributed by atoms with Crippen molar-refractivity contribution in [3.05, 3.63) is 77.1 Å². The van der Waals surface area contributed by atoms with E-state index >= 15 is 0 Å². The van der Waals surface area contributed by atoms with Crippen LogP contribution in [0.25, 0.3) is 37.2 Å². The Balaban J connectivity index is 0.00000137. The SMILES string of the molecule is CC.CSC(C)(C)c1ccc2c(c1-c1nc(C)c(C)n1-c1ccc3c(c1)sc1ccccc13)CC(C)=N2. The van der Waals surface area contributed by atoms with Gasteiger partial charge in [0.15, 0.2) is 0 Å². The molecule has 1 aliphatic heterocycles. The molecule has 0 saturated heterocycles. The van der Waals surface area contributed by atoms with Crippen LogP contribution in [0.3, 0.4) is 0 Å². The van der Waals surface area contributed by atoms with Crippen LogP contribution in [0.1, 0.15) is 57.1 Å². The maximum atomic E-state index is 5.20. The predicted octanol–water partition coefficient (Wildman–Crippen LogP) is 9.80. The van der Waals surface area contributed by atoms with Crippen LogP contribution in [-0.4, -0.2) is 21.5 Å². The molecule has 0 bridgehead atoms. The first-order valence-electron chi connectivity index (χ1n) is 13.0. The van der Waals surface area contributed by atoms with E-state index in [1.165, 1.54) is 54.0 Å². The average Bonchev–Trinajstić information content (AvgIpc) is 3.56. The van der Waals surface area contributed by atoms with E-state index in [0.29, 0.717) is 0 Å². The van der Waals surface area contributed by atoms with Gasteiger partial charge in [-0.25, -0.2) is 4.98 Å². The molecule has 5 heteroatoms. The first-order chi connectivity index (χ1) is 17.8. The van der Waals surface area contributed by atoms with Crippen molar-refractivity contribution in [2.24, 2.45) is 4.99 Å². The van der Waals surface area contributed by atoms with Gasteiger partial charge in [-0.3, -0.25) is 9.56 Å². The third kappa shape index (κ3) is 4.22. The lowest BCUT2D eigenvalue weighted by Crippen LogP contribution is -2.15. The van der Waals surface area contributed by atoms with E-state index in [1.54, 1.807) is 0 Å². The molecule has 0 unspecified atom stereocenters. The molecule has 2 aromatic heterocycles. The first-order valence-corrected chi connectivity index (χ1v) is 15.1. The van der Waals surface area contributed by atoms with Gasteiger partial charge >= 0.3 is 0 Å². The number of fused-ring (bicyclic) bond motifs is 4. The summed E-state index contributed by atoms with van der Waals surface area (Å²) < 4.78 is 4.95. The van der Waals surface area contributed by atoms with E-state index in [-0.39, 0.29) is 4.75 Å². The van der Waals surface area contributed by atoms with Gasteiger partial charge in [0.1, 0.15) is 5.82 Å². The lowest BCUT2D eigenvalue weighted by Gasteiger charge is -2.27. The summed E-state index contributed by atoms with van der Waals surface area (Å²) >= 11 is 3.74. The number of thioether (sulfide) groups is 1.